The molecule has 0 aliphatic carbocycles. The molecule has 1 fully saturated rings. The average molecular weight is 313 g/mol. The molecule has 1 aromatic heterocycles. The van der Waals surface area contributed by atoms with E-state index < -0.39 is 5.97 Å². The number of anilines is 3. The summed E-state index contributed by atoms with van der Waals surface area (Å²) >= 11 is 0. The minimum atomic E-state index is -0.997. The maximum atomic E-state index is 11.3. The number of ether oxygens (including phenoxy) is 1. The lowest BCUT2D eigenvalue weighted by atomic mass is 10.1. The third kappa shape index (κ3) is 3.43. The molecule has 23 heavy (non-hydrogen) atoms. The van der Waals surface area contributed by atoms with Gasteiger partial charge in [0.05, 0.1) is 13.2 Å². The first-order valence-electron chi connectivity index (χ1n) is 7.54. The molecule has 6 heteroatoms. The van der Waals surface area contributed by atoms with Gasteiger partial charge in [0.1, 0.15) is 11.4 Å². The summed E-state index contributed by atoms with van der Waals surface area (Å²) in [7, 11) is 0. The van der Waals surface area contributed by atoms with Gasteiger partial charge in [-0.25, -0.2) is 9.78 Å². The summed E-state index contributed by atoms with van der Waals surface area (Å²) in [6.45, 7) is 5.25. The first-order valence-corrected chi connectivity index (χ1v) is 7.54. The summed E-state index contributed by atoms with van der Waals surface area (Å²) < 4.78 is 5.37. The molecular formula is C17H19N3O3. The molecule has 0 radical (unpaired) electrons. The number of carboxylic acid groups (broad SMARTS) is 1. The van der Waals surface area contributed by atoms with Crippen molar-refractivity contribution in [1.29, 1.82) is 0 Å². The SMILES string of the molecule is Cc1cc(N2CCOCC2)ccc1Nc1ncccc1C(=O)O. The van der Waals surface area contributed by atoms with E-state index in [1.54, 1.807) is 12.3 Å². The minimum absolute atomic E-state index is 0.157. The molecular weight excluding hydrogens is 294 g/mol. The van der Waals surface area contributed by atoms with Crippen LogP contribution in [-0.2, 0) is 4.74 Å². The van der Waals surface area contributed by atoms with E-state index in [2.05, 4.69) is 21.3 Å². The van der Waals surface area contributed by atoms with Gasteiger partial charge in [-0.1, -0.05) is 0 Å². The van der Waals surface area contributed by atoms with E-state index >= 15 is 0 Å². The summed E-state index contributed by atoms with van der Waals surface area (Å²) in [5, 5.41) is 12.3. The van der Waals surface area contributed by atoms with Crippen LogP contribution in [0.4, 0.5) is 17.2 Å². The van der Waals surface area contributed by atoms with Crippen LogP contribution in [0.15, 0.2) is 36.5 Å². The molecule has 0 saturated carbocycles. The van der Waals surface area contributed by atoms with Crippen LogP contribution < -0.4 is 10.2 Å². The van der Waals surface area contributed by atoms with Crippen molar-refractivity contribution in [1.82, 2.24) is 4.98 Å². The van der Waals surface area contributed by atoms with Crippen molar-refractivity contribution in [2.75, 3.05) is 36.5 Å². The number of aromatic carboxylic acids is 1. The number of carbonyl (C=O) groups is 1. The van der Waals surface area contributed by atoms with E-state index in [0.29, 0.717) is 5.82 Å². The Bertz CT molecular complexity index is 712. The van der Waals surface area contributed by atoms with Gasteiger partial charge in [0.2, 0.25) is 0 Å². The Hall–Kier alpha value is -2.60. The maximum absolute atomic E-state index is 11.3. The quantitative estimate of drug-likeness (QED) is 0.904. The second kappa shape index (κ2) is 6.66. The zero-order chi connectivity index (χ0) is 16.2. The number of carboxylic acids is 1. The number of nitrogens with zero attached hydrogens (tertiary/aromatic N) is 2. The summed E-state index contributed by atoms with van der Waals surface area (Å²) in [6, 6.07) is 9.24. The van der Waals surface area contributed by atoms with Crippen LogP contribution in [0.5, 0.6) is 0 Å². The zero-order valence-electron chi connectivity index (χ0n) is 13.0. The number of morpholine rings is 1. The minimum Gasteiger partial charge on any atom is -0.478 e. The number of aryl methyl sites for hydroxylation is 1. The van der Waals surface area contributed by atoms with Crippen molar-refractivity contribution >= 4 is 23.2 Å². The molecule has 1 aromatic carbocycles. The Morgan fingerprint density at radius 2 is 2.09 bits per heavy atom. The molecule has 2 heterocycles. The van der Waals surface area contributed by atoms with Gasteiger partial charge >= 0.3 is 5.97 Å². The molecule has 1 saturated heterocycles. The molecule has 0 bridgehead atoms. The second-order valence-corrected chi connectivity index (χ2v) is 5.43. The third-order valence-electron chi connectivity index (χ3n) is 3.88. The molecule has 0 amide bonds. The van der Waals surface area contributed by atoms with Gasteiger partial charge in [0.25, 0.3) is 0 Å². The predicted molar refractivity (Wildman–Crippen MR) is 88.7 cm³/mol. The molecule has 1 aliphatic rings. The van der Waals surface area contributed by atoms with Crippen molar-refractivity contribution in [2.45, 2.75) is 6.92 Å². The average Bonchev–Trinajstić information content (AvgIpc) is 2.58. The monoisotopic (exact) mass is 313 g/mol. The van der Waals surface area contributed by atoms with Crippen LogP contribution >= 0.6 is 0 Å². The molecule has 6 nitrogen and oxygen atoms in total. The Morgan fingerprint density at radius 1 is 1.30 bits per heavy atom. The fourth-order valence-corrected chi connectivity index (χ4v) is 2.61. The Labute approximate surface area is 134 Å². The lowest BCUT2D eigenvalue weighted by Crippen LogP contribution is -2.36. The summed E-state index contributed by atoms with van der Waals surface area (Å²) in [6.07, 6.45) is 1.58. The van der Waals surface area contributed by atoms with Gasteiger partial charge in [-0.3, -0.25) is 0 Å². The summed E-state index contributed by atoms with van der Waals surface area (Å²) in [5.74, 6) is -0.648. The molecule has 0 unspecified atom stereocenters. The number of pyridine rings is 1. The third-order valence-corrected chi connectivity index (χ3v) is 3.88. The van der Waals surface area contributed by atoms with E-state index in [1.807, 2.05) is 19.1 Å². The predicted octanol–water partition coefficient (Wildman–Crippen LogP) is 2.67. The van der Waals surface area contributed by atoms with Crippen molar-refractivity contribution in [2.24, 2.45) is 0 Å². The van der Waals surface area contributed by atoms with Crippen LogP contribution in [-0.4, -0.2) is 42.4 Å². The topological polar surface area (TPSA) is 74.7 Å². The zero-order valence-corrected chi connectivity index (χ0v) is 13.0. The normalized spacial score (nSPS) is 14.6. The van der Waals surface area contributed by atoms with Crippen molar-refractivity contribution in [3.63, 3.8) is 0 Å². The summed E-state index contributed by atoms with van der Waals surface area (Å²) in [4.78, 5) is 17.7. The molecule has 120 valence electrons. The van der Waals surface area contributed by atoms with E-state index in [9.17, 15) is 9.90 Å². The first kappa shape index (κ1) is 15.3. The van der Waals surface area contributed by atoms with Crippen molar-refractivity contribution in [3.8, 4) is 0 Å². The second-order valence-electron chi connectivity index (χ2n) is 5.43. The fourth-order valence-electron chi connectivity index (χ4n) is 2.61. The van der Waals surface area contributed by atoms with Gasteiger partial charge in [-0.2, -0.15) is 0 Å². The van der Waals surface area contributed by atoms with Crippen molar-refractivity contribution < 1.29 is 14.6 Å². The molecule has 3 rings (SSSR count). The number of hydrogen-bond acceptors (Lipinski definition) is 5. The molecule has 0 spiro atoms. The largest absolute Gasteiger partial charge is 0.478 e. The van der Waals surface area contributed by atoms with Gasteiger partial charge in [0, 0.05) is 30.7 Å². The standard InChI is InChI=1S/C17H19N3O3/c1-12-11-13(20-7-9-23-10-8-20)4-5-15(12)19-16-14(17(21)22)3-2-6-18-16/h2-6,11H,7-10H2,1H3,(H,18,19)(H,21,22). The van der Waals surface area contributed by atoms with Crippen LogP contribution in [0.1, 0.15) is 15.9 Å². The molecule has 0 atom stereocenters. The Kier molecular flexibility index (Phi) is 4.43. The van der Waals surface area contributed by atoms with Crippen molar-refractivity contribution in [3.05, 3.63) is 47.7 Å². The van der Waals surface area contributed by atoms with Crippen LogP contribution in [0.25, 0.3) is 0 Å². The van der Waals surface area contributed by atoms with E-state index in [0.717, 1.165) is 43.2 Å². The highest BCUT2D eigenvalue weighted by Gasteiger charge is 2.14. The van der Waals surface area contributed by atoms with Crippen LogP contribution in [0.3, 0.4) is 0 Å². The Balaban J connectivity index is 1.83. The number of benzene rings is 1. The highest BCUT2D eigenvalue weighted by molar-refractivity contribution is 5.94. The lowest BCUT2D eigenvalue weighted by Gasteiger charge is -2.29. The van der Waals surface area contributed by atoms with Crippen LogP contribution in [0, 0.1) is 6.92 Å². The fraction of sp³-hybridized carbons (Fsp3) is 0.294. The molecule has 1 aliphatic heterocycles. The smallest absolute Gasteiger partial charge is 0.339 e. The number of rotatable bonds is 4. The van der Waals surface area contributed by atoms with Gasteiger partial charge in [0.15, 0.2) is 0 Å². The Morgan fingerprint density at radius 3 is 2.78 bits per heavy atom. The summed E-state index contributed by atoms with van der Waals surface area (Å²) in [5.41, 5.74) is 3.19. The van der Waals surface area contributed by atoms with Gasteiger partial charge in [-0.05, 0) is 42.8 Å². The molecule has 2 N–H and O–H groups in total. The van der Waals surface area contributed by atoms with Gasteiger partial charge < -0.3 is 20.1 Å². The highest BCUT2D eigenvalue weighted by Crippen LogP contribution is 2.26. The van der Waals surface area contributed by atoms with Crippen LogP contribution in [0.2, 0.25) is 0 Å². The maximum Gasteiger partial charge on any atom is 0.339 e. The highest BCUT2D eigenvalue weighted by atomic mass is 16.5. The number of aromatic nitrogens is 1. The van der Waals surface area contributed by atoms with E-state index in [4.69, 9.17) is 4.74 Å². The molecule has 2 aromatic rings. The lowest BCUT2D eigenvalue weighted by molar-refractivity contribution is 0.0697. The van der Waals surface area contributed by atoms with Gasteiger partial charge in [-0.15, -0.1) is 0 Å². The first-order chi connectivity index (χ1) is 11.1. The van der Waals surface area contributed by atoms with E-state index in [1.165, 1.54) is 6.07 Å². The van der Waals surface area contributed by atoms with E-state index in [-0.39, 0.29) is 5.56 Å². The number of hydrogen-bond donors (Lipinski definition) is 2. The number of nitrogens with one attached hydrogen (secondary N) is 1.